The molecule has 0 aliphatic carbocycles. The van der Waals surface area contributed by atoms with E-state index in [1.807, 2.05) is 0 Å². The molecular formula is C19H27N3. The van der Waals surface area contributed by atoms with Gasteiger partial charge in [0.1, 0.15) is 11.6 Å². The van der Waals surface area contributed by atoms with Crippen LogP contribution in [0.3, 0.4) is 0 Å². The second-order valence-electron chi connectivity index (χ2n) is 6.94. The Morgan fingerprint density at radius 2 is 1.68 bits per heavy atom. The van der Waals surface area contributed by atoms with E-state index < -0.39 is 0 Å². The smallest absolute Gasteiger partial charge is 0.137 e. The molecule has 0 radical (unpaired) electrons. The second-order valence-corrected chi connectivity index (χ2v) is 6.94. The molecule has 2 aromatic rings. The number of aromatic nitrogens is 3. The largest absolute Gasteiger partial charge is 0.315 e. The summed E-state index contributed by atoms with van der Waals surface area (Å²) in [5.41, 5.74) is 2.76. The lowest BCUT2D eigenvalue weighted by Crippen LogP contribution is -2.11. The Labute approximate surface area is 133 Å². The molecule has 0 unspecified atom stereocenters. The zero-order chi connectivity index (χ0) is 15.4. The van der Waals surface area contributed by atoms with Crippen molar-refractivity contribution in [2.45, 2.75) is 65.3 Å². The molecule has 2 heterocycles. The Balaban J connectivity index is 1.73. The third-order valence-corrected chi connectivity index (χ3v) is 4.47. The van der Waals surface area contributed by atoms with Gasteiger partial charge in [-0.3, -0.25) is 0 Å². The van der Waals surface area contributed by atoms with E-state index >= 15 is 0 Å². The highest BCUT2D eigenvalue weighted by Crippen LogP contribution is 2.17. The van der Waals surface area contributed by atoms with Crippen LogP contribution in [0.1, 0.15) is 62.3 Å². The Kier molecular flexibility index (Phi) is 4.91. The lowest BCUT2D eigenvalue weighted by molar-refractivity contribution is 0.507. The fraction of sp³-hybridized carbons (Fsp3) is 0.579. The molecule has 0 atom stereocenters. The van der Waals surface area contributed by atoms with Crippen LogP contribution in [-0.4, -0.2) is 14.8 Å². The van der Waals surface area contributed by atoms with Crippen molar-refractivity contribution >= 4 is 0 Å². The van der Waals surface area contributed by atoms with Gasteiger partial charge in [0.2, 0.25) is 0 Å². The van der Waals surface area contributed by atoms with Crippen molar-refractivity contribution in [3.05, 3.63) is 47.0 Å². The van der Waals surface area contributed by atoms with Crippen LogP contribution in [0.15, 0.2) is 24.3 Å². The van der Waals surface area contributed by atoms with Gasteiger partial charge in [-0.25, -0.2) is 0 Å². The van der Waals surface area contributed by atoms with Gasteiger partial charge < -0.3 is 4.57 Å². The first-order chi connectivity index (χ1) is 10.7. The summed E-state index contributed by atoms with van der Waals surface area (Å²) >= 11 is 0. The maximum atomic E-state index is 4.46. The molecule has 0 amide bonds. The monoisotopic (exact) mass is 297 g/mol. The zero-order valence-corrected chi connectivity index (χ0v) is 13.9. The van der Waals surface area contributed by atoms with E-state index in [4.69, 9.17) is 0 Å². The fourth-order valence-corrected chi connectivity index (χ4v) is 3.30. The molecule has 3 heteroatoms. The molecule has 0 bridgehead atoms. The molecule has 118 valence electrons. The highest BCUT2D eigenvalue weighted by Gasteiger charge is 2.14. The van der Waals surface area contributed by atoms with Crippen molar-refractivity contribution in [3.63, 3.8) is 0 Å². The molecular weight excluding hydrogens is 270 g/mol. The quantitative estimate of drug-likeness (QED) is 0.847. The highest BCUT2D eigenvalue weighted by molar-refractivity contribution is 5.25. The van der Waals surface area contributed by atoms with Gasteiger partial charge in [0.05, 0.1) is 0 Å². The zero-order valence-electron chi connectivity index (χ0n) is 13.9. The van der Waals surface area contributed by atoms with Gasteiger partial charge in [0, 0.05) is 19.4 Å². The van der Waals surface area contributed by atoms with E-state index in [1.54, 1.807) is 0 Å². The van der Waals surface area contributed by atoms with Gasteiger partial charge in [-0.15, -0.1) is 10.2 Å². The first-order valence-electron chi connectivity index (χ1n) is 8.71. The van der Waals surface area contributed by atoms with Gasteiger partial charge in [-0.2, -0.15) is 0 Å². The van der Waals surface area contributed by atoms with Crippen LogP contribution in [0.4, 0.5) is 0 Å². The Morgan fingerprint density at radius 1 is 0.955 bits per heavy atom. The maximum Gasteiger partial charge on any atom is 0.137 e. The van der Waals surface area contributed by atoms with Crippen molar-refractivity contribution in [1.82, 2.24) is 14.8 Å². The SMILES string of the molecule is CC(C)Cc1ccc(Cc2nnc3n2CCCCCC3)cc1. The van der Waals surface area contributed by atoms with Crippen LogP contribution < -0.4 is 0 Å². The summed E-state index contributed by atoms with van der Waals surface area (Å²) in [5, 5.41) is 8.88. The van der Waals surface area contributed by atoms with Gasteiger partial charge in [0.15, 0.2) is 0 Å². The number of nitrogens with zero attached hydrogens (tertiary/aromatic N) is 3. The normalized spacial score (nSPS) is 15.4. The topological polar surface area (TPSA) is 30.7 Å². The van der Waals surface area contributed by atoms with Crippen molar-refractivity contribution in [2.75, 3.05) is 0 Å². The molecule has 22 heavy (non-hydrogen) atoms. The molecule has 1 aromatic heterocycles. The van der Waals surface area contributed by atoms with Gasteiger partial charge in [-0.05, 0) is 36.3 Å². The number of rotatable bonds is 4. The summed E-state index contributed by atoms with van der Waals surface area (Å²) in [7, 11) is 0. The van der Waals surface area contributed by atoms with E-state index in [2.05, 4.69) is 52.9 Å². The predicted octanol–water partition coefficient (Wildman–Crippen LogP) is 4.18. The number of hydrogen-bond acceptors (Lipinski definition) is 2. The standard InChI is InChI=1S/C19H27N3/c1-15(2)13-16-8-10-17(11-9-16)14-19-21-20-18-7-5-3-4-6-12-22(18)19/h8-11,15H,3-7,12-14H2,1-2H3. The molecule has 1 aliphatic heterocycles. The van der Waals surface area contributed by atoms with E-state index in [0.717, 1.165) is 31.6 Å². The van der Waals surface area contributed by atoms with Gasteiger partial charge >= 0.3 is 0 Å². The highest BCUT2D eigenvalue weighted by atomic mass is 15.3. The van der Waals surface area contributed by atoms with Gasteiger partial charge in [0.25, 0.3) is 0 Å². The van der Waals surface area contributed by atoms with Crippen LogP contribution in [0.5, 0.6) is 0 Å². The summed E-state index contributed by atoms with van der Waals surface area (Å²) in [6, 6.07) is 9.03. The lowest BCUT2D eigenvalue weighted by Gasteiger charge is -2.13. The summed E-state index contributed by atoms with van der Waals surface area (Å²) in [4.78, 5) is 0. The summed E-state index contributed by atoms with van der Waals surface area (Å²) < 4.78 is 2.36. The van der Waals surface area contributed by atoms with E-state index in [0.29, 0.717) is 5.92 Å². The second kappa shape index (κ2) is 7.08. The molecule has 0 saturated carbocycles. The number of benzene rings is 1. The Hall–Kier alpha value is -1.64. The molecule has 1 aromatic carbocycles. The minimum atomic E-state index is 0.710. The molecule has 0 spiro atoms. The van der Waals surface area contributed by atoms with Crippen molar-refractivity contribution in [3.8, 4) is 0 Å². The number of hydrogen-bond donors (Lipinski definition) is 0. The molecule has 3 nitrogen and oxygen atoms in total. The third-order valence-electron chi connectivity index (χ3n) is 4.47. The van der Waals surface area contributed by atoms with Crippen LogP contribution in [0.2, 0.25) is 0 Å². The third kappa shape index (κ3) is 3.76. The van der Waals surface area contributed by atoms with Crippen molar-refractivity contribution in [1.29, 1.82) is 0 Å². The minimum absolute atomic E-state index is 0.710. The van der Waals surface area contributed by atoms with Gasteiger partial charge in [-0.1, -0.05) is 51.0 Å². The average molecular weight is 297 g/mol. The fourth-order valence-electron chi connectivity index (χ4n) is 3.30. The Bertz CT molecular complexity index is 596. The molecule has 0 N–H and O–H groups in total. The maximum absolute atomic E-state index is 4.46. The minimum Gasteiger partial charge on any atom is -0.315 e. The number of fused-ring (bicyclic) bond motifs is 1. The molecule has 0 fully saturated rings. The van der Waals surface area contributed by atoms with E-state index in [9.17, 15) is 0 Å². The van der Waals surface area contributed by atoms with Crippen LogP contribution in [-0.2, 0) is 25.8 Å². The number of aryl methyl sites for hydroxylation is 1. The molecule has 3 rings (SSSR count). The average Bonchev–Trinajstić information content (AvgIpc) is 2.81. The summed E-state index contributed by atoms with van der Waals surface area (Å²) in [6.07, 6.45) is 8.31. The first kappa shape index (κ1) is 15.3. The van der Waals surface area contributed by atoms with Crippen molar-refractivity contribution in [2.24, 2.45) is 5.92 Å². The van der Waals surface area contributed by atoms with Crippen LogP contribution >= 0.6 is 0 Å². The molecule has 0 saturated heterocycles. The van der Waals surface area contributed by atoms with Crippen molar-refractivity contribution < 1.29 is 0 Å². The van der Waals surface area contributed by atoms with Crippen LogP contribution in [0.25, 0.3) is 0 Å². The first-order valence-corrected chi connectivity index (χ1v) is 8.71. The summed E-state index contributed by atoms with van der Waals surface area (Å²) in [6.45, 7) is 5.62. The summed E-state index contributed by atoms with van der Waals surface area (Å²) in [5.74, 6) is 3.03. The lowest BCUT2D eigenvalue weighted by atomic mass is 10.0. The van der Waals surface area contributed by atoms with E-state index in [-0.39, 0.29) is 0 Å². The Morgan fingerprint density at radius 3 is 2.45 bits per heavy atom. The molecule has 1 aliphatic rings. The van der Waals surface area contributed by atoms with Crippen LogP contribution in [0, 0.1) is 5.92 Å². The van der Waals surface area contributed by atoms with E-state index in [1.165, 1.54) is 42.6 Å². The predicted molar refractivity (Wildman–Crippen MR) is 90.0 cm³/mol.